The molecule has 29 heavy (non-hydrogen) atoms. The standard InChI is InChI=1S/C21H18O8/c1-14(19(24)25)21(20(26)27,12-17(22)28-15-8-4-2-5-9-15)13-18(23)29-16-10-6-3-7-11-16/h2-11H,1,12-13H2,(H,24,25)(H,26,27)/p-2. The Morgan fingerprint density at radius 1 is 0.759 bits per heavy atom. The zero-order chi connectivity index (χ0) is 21.4. The van der Waals surface area contributed by atoms with Gasteiger partial charge in [0.1, 0.15) is 11.5 Å². The summed E-state index contributed by atoms with van der Waals surface area (Å²) in [6.07, 6.45) is -2.05. The summed E-state index contributed by atoms with van der Waals surface area (Å²) in [6, 6.07) is 15.4. The second-order valence-corrected chi connectivity index (χ2v) is 6.06. The van der Waals surface area contributed by atoms with Gasteiger partial charge in [0.2, 0.25) is 0 Å². The maximum absolute atomic E-state index is 12.3. The lowest BCUT2D eigenvalue weighted by atomic mass is 9.75. The molecule has 0 atom stereocenters. The van der Waals surface area contributed by atoms with Crippen LogP contribution < -0.4 is 19.7 Å². The molecule has 8 nitrogen and oxygen atoms in total. The first-order valence-electron chi connectivity index (χ1n) is 8.38. The lowest BCUT2D eigenvalue weighted by molar-refractivity contribution is -0.322. The minimum atomic E-state index is -2.61. The van der Waals surface area contributed by atoms with E-state index in [0.717, 1.165) is 0 Å². The fourth-order valence-corrected chi connectivity index (χ4v) is 2.54. The first kappa shape index (κ1) is 21.4. The van der Waals surface area contributed by atoms with Crippen LogP contribution in [0.5, 0.6) is 11.5 Å². The molecule has 150 valence electrons. The molecule has 0 bridgehead atoms. The summed E-state index contributed by atoms with van der Waals surface area (Å²) in [4.78, 5) is 47.7. The third kappa shape index (κ3) is 5.52. The summed E-state index contributed by atoms with van der Waals surface area (Å²) >= 11 is 0. The lowest BCUT2D eigenvalue weighted by Crippen LogP contribution is -2.50. The van der Waals surface area contributed by atoms with Crippen LogP contribution in [-0.4, -0.2) is 23.9 Å². The second-order valence-electron chi connectivity index (χ2n) is 6.06. The van der Waals surface area contributed by atoms with Crippen LogP contribution in [-0.2, 0) is 19.2 Å². The lowest BCUT2D eigenvalue weighted by Gasteiger charge is -2.35. The minimum absolute atomic E-state index is 0.107. The molecule has 0 N–H and O–H groups in total. The summed E-state index contributed by atoms with van der Waals surface area (Å²) < 4.78 is 10.0. The van der Waals surface area contributed by atoms with Gasteiger partial charge in [-0.05, 0) is 29.8 Å². The molecular formula is C21H16O8-2. The molecule has 2 rings (SSSR count). The van der Waals surface area contributed by atoms with Crippen molar-refractivity contribution >= 4 is 23.9 Å². The monoisotopic (exact) mass is 396 g/mol. The smallest absolute Gasteiger partial charge is 0.312 e. The van der Waals surface area contributed by atoms with E-state index < -0.39 is 47.7 Å². The van der Waals surface area contributed by atoms with E-state index in [4.69, 9.17) is 9.47 Å². The third-order valence-corrected chi connectivity index (χ3v) is 4.06. The molecule has 0 amide bonds. The van der Waals surface area contributed by atoms with Crippen LogP contribution in [0, 0.1) is 5.41 Å². The Balaban J connectivity index is 2.28. The Morgan fingerprint density at radius 2 is 1.14 bits per heavy atom. The summed E-state index contributed by atoms with van der Waals surface area (Å²) in [5.41, 5.74) is -3.62. The highest BCUT2D eigenvalue weighted by atomic mass is 16.5. The zero-order valence-corrected chi connectivity index (χ0v) is 15.2. The number of aliphatic carboxylic acids is 2. The fraction of sp³-hybridized carbons (Fsp3) is 0.143. The topological polar surface area (TPSA) is 133 Å². The van der Waals surface area contributed by atoms with Gasteiger partial charge in [0, 0.05) is 0 Å². The molecule has 8 heteroatoms. The van der Waals surface area contributed by atoms with Crippen molar-refractivity contribution in [2.24, 2.45) is 5.41 Å². The van der Waals surface area contributed by atoms with Gasteiger partial charge in [0.25, 0.3) is 0 Å². The van der Waals surface area contributed by atoms with Crippen molar-refractivity contribution in [3.63, 3.8) is 0 Å². The van der Waals surface area contributed by atoms with Crippen molar-refractivity contribution in [3.8, 4) is 11.5 Å². The predicted octanol–water partition coefficient (Wildman–Crippen LogP) is 0.0202. The van der Waals surface area contributed by atoms with Crippen LogP contribution >= 0.6 is 0 Å². The highest BCUT2D eigenvalue weighted by Crippen LogP contribution is 2.35. The SMILES string of the molecule is C=C(C(=O)[O-])C(CC(=O)Oc1ccccc1)(CC(=O)Oc1ccccc1)C(=O)[O-]. The Hall–Kier alpha value is -3.94. The molecule has 0 fully saturated rings. The van der Waals surface area contributed by atoms with E-state index in [0.29, 0.717) is 0 Å². The quantitative estimate of drug-likeness (QED) is 0.329. The van der Waals surface area contributed by atoms with Crippen molar-refractivity contribution in [2.75, 3.05) is 0 Å². The number of ether oxygens (including phenoxy) is 2. The van der Waals surface area contributed by atoms with Gasteiger partial charge < -0.3 is 29.3 Å². The number of carbonyl (C=O) groups excluding carboxylic acids is 4. The number of hydrogen-bond donors (Lipinski definition) is 0. The number of hydrogen-bond acceptors (Lipinski definition) is 8. The van der Waals surface area contributed by atoms with Gasteiger partial charge in [0.15, 0.2) is 0 Å². The summed E-state index contributed by atoms with van der Waals surface area (Å²) in [5.74, 6) is -5.94. The molecule has 2 aromatic carbocycles. The molecule has 0 aliphatic rings. The number of benzene rings is 2. The molecule has 0 aliphatic carbocycles. The Labute approximate surface area is 166 Å². The van der Waals surface area contributed by atoms with E-state index in [1.165, 1.54) is 24.3 Å². The average molecular weight is 396 g/mol. The van der Waals surface area contributed by atoms with Gasteiger partial charge >= 0.3 is 11.9 Å². The first-order valence-corrected chi connectivity index (χ1v) is 8.38. The van der Waals surface area contributed by atoms with E-state index >= 15 is 0 Å². The van der Waals surface area contributed by atoms with Crippen LogP contribution in [0.3, 0.4) is 0 Å². The van der Waals surface area contributed by atoms with Gasteiger partial charge in [-0.3, -0.25) is 9.59 Å². The van der Waals surface area contributed by atoms with Crippen molar-refractivity contribution in [2.45, 2.75) is 12.8 Å². The average Bonchev–Trinajstić information content (AvgIpc) is 2.68. The first-order chi connectivity index (χ1) is 13.7. The Bertz CT molecular complexity index is 863. The second kappa shape index (κ2) is 9.32. The van der Waals surface area contributed by atoms with Crippen molar-refractivity contribution in [3.05, 3.63) is 72.8 Å². The normalized spacial score (nSPS) is 10.6. The van der Waals surface area contributed by atoms with Gasteiger partial charge in [-0.15, -0.1) is 0 Å². The molecule has 0 aliphatic heterocycles. The molecule has 2 aromatic rings. The van der Waals surface area contributed by atoms with E-state index in [2.05, 4.69) is 6.58 Å². The maximum atomic E-state index is 12.3. The van der Waals surface area contributed by atoms with Crippen molar-refractivity contribution in [1.29, 1.82) is 0 Å². The molecule has 0 saturated heterocycles. The maximum Gasteiger partial charge on any atom is 0.312 e. The number of para-hydroxylation sites is 2. The third-order valence-electron chi connectivity index (χ3n) is 4.06. The number of carbonyl (C=O) groups is 4. The van der Waals surface area contributed by atoms with Gasteiger partial charge in [0.05, 0.1) is 30.2 Å². The number of carboxylic acid groups (broad SMARTS) is 2. The Morgan fingerprint density at radius 3 is 1.45 bits per heavy atom. The van der Waals surface area contributed by atoms with Gasteiger partial charge in [-0.25, -0.2) is 0 Å². The molecule has 0 unspecified atom stereocenters. The zero-order valence-electron chi connectivity index (χ0n) is 15.2. The molecule has 0 spiro atoms. The summed E-state index contributed by atoms with van der Waals surface area (Å²) in [6.45, 7) is 3.17. The highest BCUT2D eigenvalue weighted by molar-refractivity contribution is 5.99. The van der Waals surface area contributed by atoms with Crippen molar-refractivity contribution in [1.82, 2.24) is 0 Å². The van der Waals surface area contributed by atoms with Crippen LogP contribution in [0.2, 0.25) is 0 Å². The fourth-order valence-electron chi connectivity index (χ4n) is 2.54. The predicted molar refractivity (Wildman–Crippen MR) is 95.0 cm³/mol. The van der Waals surface area contributed by atoms with Crippen LogP contribution in [0.1, 0.15) is 12.8 Å². The molecule has 0 heterocycles. The Kier molecular flexibility index (Phi) is 6.86. The van der Waals surface area contributed by atoms with E-state index in [1.54, 1.807) is 36.4 Å². The molecule has 0 radical (unpaired) electrons. The highest BCUT2D eigenvalue weighted by Gasteiger charge is 2.41. The van der Waals surface area contributed by atoms with E-state index in [1.807, 2.05) is 0 Å². The number of esters is 2. The minimum Gasteiger partial charge on any atom is -0.549 e. The van der Waals surface area contributed by atoms with Crippen molar-refractivity contribution < 1.29 is 38.9 Å². The molecule has 0 saturated carbocycles. The van der Waals surface area contributed by atoms with Crippen LogP contribution in [0.25, 0.3) is 0 Å². The molecule has 0 aromatic heterocycles. The largest absolute Gasteiger partial charge is 0.549 e. The van der Waals surface area contributed by atoms with Gasteiger partial charge in [-0.1, -0.05) is 43.0 Å². The van der Waals surface area contributed by atoms with E-state index in [-0.39, 0.29) is 11.5 Å². The van der Waals surface area contributed by atoms with Gasteiger partial charge in [-0.2, -0.15) is 0 Å². The molecular weight excluding hydrogens is 380 g/mol. The summed E-state index contributed by atoms with van der Waals surface area (Å²) in [7, 11) is 0. The number of rotatable bonds is 9. The van der Waals surface area contributed by atoms with Crippen LogP contribution in [0.4, 0.5) is 0 Å². The number of carboxylic acids is 2. The van der Waals surface area contributed by atoms with Crippen LogP contribution in [0.15, 0.2) is 72.8 Å². The summed E-state index contributed by atoms with van der Waals surface area (Å²) in [5, 5.41) is 23.2. The van der Waals surface area contributed by atoms with E-state index in [9.17, 15) is 29.4 Å².